The summed E-state index contributed by atoms with van der Waals surface area (Å²) in [4.78, 5) is 11.3. The molecule has 0 aromatic heterocycles. The largest absolute Gasteiger partial charge is 1.00 e. The van der Waals surface area contributed by atoms with Crippen LogP contribution >= 0.6 is 0 Å². The van der Waals surface area contributed by atoms with Gasteiger partial charge < -0.3 is 14.6 Å². The Kier molecular flexibility index (Phi) is 2.47. The third-order valence-electron chi connectivity index (χ3n) is 3.62. The molecule has 0 unspecified atom stereocenters. The number of hydrogen-bond acceptors (Lipinski definition) is 3. The van der Waals surface area contributed by atoms with Crippen molar-refractivity contribution >= 4 is 5.97 Å². The molecule has 2 aliphatic rings. The number of carboxylic acid groups (broad SMARTS) is 1. The van der Waals surface area contributed by atoms with E-state index >= 15 is 0 Å². The number of ether oxygens (including phenoxy) is 1. The minimum atomic E-state index is -1.19. The number of carbonyl (C=O) groups is 1. The fourth-order valence-electron chi connectivity index (χ4n) is 2.83. The quantitative estimate of drug-likeness (QED) is 0.489. The van der Waals surface area contributed by atoms with Gasteiger partial charge in [0.25, 0.3) is 0 Å². The minimum absolute atomic E-state index is 0. The molecule has 0 spiro atoms. The zero-order valence-electron chi connectivity index (χ0n) is 9.45. The minimum Gasteiger partial charge on any atom is -0.547 e. The summed E-state index contributed by atoms with van der Waals surface area (Å²) in [5, 5.41) is 11.3. The van der Waals surface area contributed by atoms with Crippen LogP contribution in [0.5, 0.6) is 0 Å². The van der Waals surface area contributed by atoms with E-state index in [2.05, 4.69) is 0 Å². The van der Waals surface area contributed by atoms with E-state index in [9.17, 15) is 9.90 Å². The normalized spacial score (nSPS) is 34.3. The van der Waals surface area contributed by atoms with Crippen molar-refractivity contribution in [2.45, 2.75) is 31.0 Å². The smallest absolute Gasteiger partial charge is 0.547 e. The van der Waals surface area contributed by atoms with Crippen molar-refractivity contribution in [2.75, 3.05) is 0 Å². The van der Waals surface area contributed by atoms with Crippen LogP contribution < -0.4 is 24.0 Å². The first kappa shape index (κ1) is 11.7. The van der Waals surface area contributed by atoms with Crippen molar-refractivity contribution in [2.24, 2.45) is 0 Å². The first-order valence-corrected chi connectivity index (χ1v) is 5.10. The van der Waals surface area contributed by atoms with Crippen molar-refractivity contribution in [1.29, 1.82) is 0 Å². The summed E-state index contributed by atoms with van der Waals surface area (Å²) < 4.78 is 5.72. The van der Waals surface area contributed by atoms with E-state index in [1.54, 1.807) is 0 Å². The first-order chi connectivity index (χ1) is 7.08. The molecule has 3 rings (SSSR count). The maximum absolute atomic E-state index is 11.3. The topological polar surface area (TPSA) is 49.4 Å². The summed E-state index contributed by atoms with van der Waals surface area (Å²) in [6, 6.07) is 7.53. The molecule has 0 radical (unpaired) electrons. The molecule has 0 aliphatic carbocycles. The van der Waals surface area contributed by atoms with Crippen LogP contribution in [0.3, 0.4) is 0 Å². The van der Waals surface area contributed by atoms with Crippen molar-refractivity contribution in [1.82, 2.24) is 0 Å². The molecule has 0 saturated carbocycles. The number of hydrogen-bond donors (Lipinski definition) is 0. The Morgan fingerprint density at radius 2 is 1.94 bits per heavy atom. The van der Waals surface area contributed by atoms with Gasteiger partial charge in [-0.05, 0) is 30.9 Å². The second-order valence-corrected chi connectivity index (χ2v) is 4.49. The van der Waals surface area contributed by atoms with Gasteiger partial charge in [0, 0.05) is 0 Å². The average Bonchev–Trinajstić information content (AvgIpc) is 2.70. The fourth-order valence-corrected chi connectivity index (χ4v) is 2.83. The summed E-state index contributed by atoms with van der Waals surface area (Å²) in [5.41, 5.74) is 0.154. The average molecular weight is 210 g/mol. The molecular weight excluding hydrogens is 199 g/mol. The molecule has 1 aromatic rings. The first-order valence-electron chi connectivity index (χ1n) is 5.10. The molecule has 0 amide bonds. The van der Waals surface area contributed by atoms with Crippen LogP contribution in [0.15, 0.2) is 24.3 Å². The zero-order chi connectivity index (χ0) is 10.7. The van der Waals surface area contributed by atoms with E-state index in [1.165, 1.54) is 0 Å². The van der Waals surface area contributed by atoms with Gasteiger partial charge in [0.1, 0.15) is 5.60 Å². The van der Waals surface area contributed by atoms with E-state index < -0.39 is 17.2 Å². The molecule has 2 bridgehead atoms. The van der Waals surface area contributed by atoms with Gasteiger partial charge in [0.2, 0.25) is 0 Å². The van der Waals surface area contributed by atoms with Crippen molar-refractivity contribution in [3.8, 4) is 0 Å². The zero-order valence-corrected chi connectivity index (χ0v) is 9.45. The van der Waals surface area contributed by atoms with Crippen molar-refractivity contribution in [3.05, 3.63) is 35.4 Å². The second kappa shape index (κ2) is 3.37. The molecular formula is C12H11LiO3. The van der Waals surface area contributed by atoms with E-state index in [-0.39, 0.29) is 18.9 Å². The van der Waals surface area contributed by atoms with Crippen molar-refractivity contribution < 1.29 is 33.5 Å². The molecule has 0 N–H and O–H groups in total. The molecule has 16 heavy (non-hydrogen) atoms. The third-order valence-corrected chi connectivity index (χ3v) is 3.62. The summed E-state index contributed by atoms with van der Waals surface area (Å²) in [7, 11) is 0. The SMILES string of the molecule is C[C@@]12CC[C@@](C(=O)[O-])(O1)c1ccccc12.[Li+]. The van der Waals surface area contributed by atoms with Crippen LogP contribution in [0.4, 0.5) is 0 Å². The van der Waals surface area contributed by atoms with E-state index in [0.29, 0.717) is 6.42 Å². The van der Waals surface area contributed by atoms with Gasteiger partial charge >= 0.3 is 18.9 Å². The number of carboxylic acids is 1. The Morgan fingerprint density at radius 1 is 1.31 bits per heavy atom. The summed E-state index contributed by atoms with van der Waals surface area (Å²) in [6.45, 7) is 1.95. The number of rotatable bonds is 1. The van der Waals surface area contributed by atoms with Gasteiger partial charge in [0.15, 0.2) is 0 Å². The Labute approximate surface area is 106 Å². The van der Waals surface area contributed by atoms with Crippen LogP contribution in [0, 0.1) is 0 Å². The predicted molar refractivity (Wildman–Crippen MR) is 50.8 cm³/mol. The monoisotopic (exact) mass is 210 g/mol. The summed E-state index contributed by atoms with van der Waals surface area (Å²) >= 11 is 0. The van der Waals surface area contributed by atoms with Gasteiger partial charge in [-0.15, -0.1) is 0 Å². The molecule has 1 aromatic carbocycles. The number of fused-ring (bicyclic) bond motifs is 5. The van der Waals surface area contributed by atoms with Crippen molar-refractivity contribution in [3.63, 3.8) is 0 Å². The van der Waals surface area contributed by atoms with Gasteiger partial charge in [-0.25, -0.2) is 0 Å². The molecule has 78 valence electrons. The summed E-state index contributed by atoms with van der Waals surface area (Å²) in [5.74, 6) is -1.11. The Morgan fingerprint density at radius 3 is 2.56 bits per heavy atom. The van der Waals surface area contributed by atoms with Gasteiger partial charge in [-0.1, -0.05) is 24.3 Å². The Bertz CT molecular complexity index is 459. The molecule has 1 saturated heterocycles. The van der Waals surface area contributed by atoms with E-state index in [4.69, 9.17) is 4.74 Å². The van der Waals surface area contributed by atoms with Gasteiger partial charge in [-0.3, -0.25) is 0 Å². The summed E-state index contributed by atoms with van der Waals surface area (Å²) in [6.07, 6.45) is 1.26. The van der Waals surface area contributed by atoms with Crippen LogP contribution in [-0.2, 0) is 20.7 Å². The van der Waals surface area contributed by atoms with E-state index in [1.807, 2.05) is 31.2 Å². The predicted octanol–water partition coefficient (Wildman–Crippen LogP) is -2.32. The van der Waals surface area contributed by atoms with Crippen LogP contribution in [0.25, 0.3) is 0 Å². The molecule has 2 heterocycles. The molecule has 2 aliphatic heterocycles. The molecule has 3 nitrogen and oxygen atoms in total. The van der Waals surface area contributed by atoms with Crippen LogP contribution in [-0.4, -0.2) is 5.97 Å². The maximum atomic E-state index is 11.3. The standard InChI is InChI=1S/C12H12O3.Li/c1-11-6-7-12(15-11,10(13)14)9-5-3-2-4-8(9)11;/h2-5H,6-7H2,1H3,(H,13,14);/q;+1/p-1/t11-,12+;/m0./s1. The number of carbonyl (C=O) groups excluding carboxylic acids is 1. The molecule has 2 atom stereocenters. The van der Waals surface area contributed by atoms with Crippen LogP contribution in [0.2, 0.25) is 0 Å². The third kappa shape index (κ3) is 1.17. The fraction of sp³-hybridized carbons (Fsp3) is 0.417. The second-order valence-electron chi connectivity index (χ2n) is 4.49. The van der Waals surface area contributed by atoms with Gasteiger partial charge in [0.05, 0.1) is 11.6 Å². The van der Waals surface area contributed by atoms with E-state index in [0.717, 1.165) is 17.5 Å². The van der Waals surface area contributed by atoms with Gasteiger partial charge in [-0.2, -0.15) is 0 Å². The molecule has 4 heteroatoms. The number of benzene rings is 1. The number of aliphatic carboxylic acids is 1. The Hall–Kier alpha value is -0.753. The van der Waals surface area contributed by atoms with Crippen LogP contribution in [0.1, 0.15) is 30.9 Å². The maximum Gasteiger partial charge on any atom is 1.00 e. The molecule has 1 fully saturated rings. The Balaban J connectivity index is 0.000000963.